The molecule has 392 valence electrons. The zero-order valence-corrected chi connectivity index (χ0v) is 39.8. The number of hydrogen-bond donors (Lipinski definition) is 2. The molecule has 5 aliphatic rings. The van der Waals surface area contributed by atoms with Gasteiger partial charge in [-0.2, -0.15) is 0 Å². The summed E-state index contributed by atoms with van der Waals surface area (Å²) in [5.74, 6) is -0.491. The van der Waals surface area contributed by atoms with Crippen LogP contribution in [0.4, 0.5) is 17.6 Å². The average Bonchev–Trinajstić information content (AvgIpc) is 3.38. The molecule has 0 aliphatic carbocycles. The van der Waals surface area contributed by atoms with Crippen molar-refractivity contribution in [2.75, 3.05) is 26.2 Å². The molecule has 74 heavy (non-hydrogen) atoms. The highest BCUT2D eigenvalue weighted by atomic mass is 19.1. The van der Waals surface area contributed by atoms with Gasteiger partial charge in [-0.3, -0.25) is 14.6 Å². The molecule has 11 rings (SSSR count). The summed E-state index contributed by atoms with van der Waals surface area (Å²) in [5, 5.41) is 23.0. The van der Waals surface area contributed by atoms with E-state index in [1.165, 1.54) is 48.5 Å². The normalized spacial score (nSPS) is 23.1. The number of aliphatic hydroxyl groups excluding tert-OH is 1. The maximum absolute atomic E-state index is 13.7. The van der Waals surface area contributed by atoms with Gasteiger partial charge in [0.1, 0.15) is 70.7 Å². The molecule has 0 spiro atoms. The van der Waals surface area contributed by atoms with Crippen molar-refractivity contribution in [3.05, 3.63) is 190 Å². The van der Waals surface area contributed by atoms with Gasteiger partial charge in [0, 0.05) is 26.2 Å². The SMILES string of the molecule is C.C.O=C(CN(Cc1ccccc1)CC(O)[C@H]1CCc2cc(F)ccc2O1)C1CCc2cc(F)ccc2O1.OC1([C@@H]2CCc3cc(F)ccc3O2)CN(Cc2ccccc2)CC([C@H]2CCc3cc(F)ccc3O2)O1. The molecule has 1 fully saturated rings. The van der Waals surface area contributed by atoms with Gasteiger partial charge in [0.15, 0.2) is 18.0 Å². The molecule has 0 aromatic heterocycles. The molecular weight excluding hydrogens is 953 g/mol. The Hall–Kier alpha value is -6.29. The van der Waals surface area contributed by atoms with Crippen LogP contribution in [0.1, 0.15) is 73.9 Å². The standard InChI is InChI=1S/2C29H29F2NO4.2CH4/c30-22-8-11-24-20(14-22)6-10-26(34-24)27-17-32(16-19-4-2-1-3-5-19)18-29(33,36-27)28-13-7-21-15-23(31)9-12-25(21)35-28;30-22-8-12-26-20(14-22)6-10-28(35-26)24(33)17-32(16-19-4-2-1-3-5-19)18-25(34)29-11-7-21-15-23(31)9-13-27(21)36-29;;/h1-5,8-9,11-12,14-15,26-28,33H,6-7,10,13,16-18H2;1-5,8-9,12-15,24,28-29,33H,6-7,10-11,16-18H2;2*1H4/t26-,27?,28+,29?;24?,28-,29?;;/m11../s1. The van der Waals surface area contributed by atoms with Gasteiger partial charge in [0.2, 0.25) is 5.79 Å². The quantitative estimate of drug-likeness (QED) is 0.115. The van der Waals surface area contributed by atoms with Gasteiger partial charge >= 0.3 is 0 Å². The second kappa shape index (κ2) is 23.9. The number of ether oxygens (including phenoxy) is 5. The maximum Gasteiger partial charge on any atom is 0.217 e. The van der Waals surface area contributed by atoms with Crippen molar-refractivity contribution in [3.63, 3.8) is 0 Å². The fourth-order valence-corrected chi connectivity index (χ4v) is 10.6. The molecule has 5 heterocycles. The lowest BCUT2D eigenvalue weighted by Crippen LogP contribution is -2.65. The molecule has 4 unspecified atom stereocenters. The smallest absolute Gasteiger partial charge is 0.217 e. The largest absolute Gasteiger partial charge is 0.487 e. The fourth-order valence-electron chi connectivity index (χ4n) is 10.6. The van der Waals surface area contributed by atoms with Crippen LogP contribution < -0.4 is 18.9 Å². The van der Waals surface area contributed by atoms with Gasteiger partial charge in [0.25, 0.3) is 0 Å². The second-order valence-corrected chi connectivity index (χ2v) is 19.5. The summed E-state index contributed by atoms with van der Waals surface area (Å²) < 4.78 is 85.2. The number of ketones is 1. The van der Waals surface area contributed by atoms with Crippen LogP contribution in [-0.4, -0.2) is 94.4 Å². The second-order valence-electron chi connectivity index (χ2n) is 19.5. The fraction of sp³-hybridized carbons (Fsp3) is 0.383. The van der Waals surface area contributed by atoms with E-state index in [-0.39, 0.29) is 69.6 Å². The van der Waals surface area contributed by atoms with Gasteiger partial charge in [-0.1, -0.05) is 75.5 Å². The van der Waals surface area contributed by atoms with Crippen molar-refractivity contribution in [3.8, 4) is 23.0 Å². The summed E-state index contributed by atoms with van der Waals surface area (Å²) in [4.78, 5) is 17.3. The van der Waals surface area contributed by atoms with Crippen molar-refractivity contribution in [2.45, 2.75) is 122 Å². The highest BCUT2D eigenvalue weighted by Gasteiger charge is 2.50. The molecule has 10 nitrogen and oxygen atoms in total. The number of aliphatic hydroxyl groups is 2. The first-order valence-electron chi connectivity index (χ1n) is 24.8. The number of carbonyl (C=O) groups is 1. The Morgan fingerprint density at radius 3 is 1.70 bits per heavy atom. The van der Waals surface area contributed by atoms with Gasteiger partial charge in [-0.25, -0.2) is 17.6 Å². The third-order valence-electron chi connectivity index (χ3n) is 14.2. The van der Waals surface area contributed by atoms with E-state index in [0.717, 1.165) is 33.4 Å². The lowest BCUT2D eigenvalue weighted by molar-refractivity contribution is -0.315. The van der Waals surface area contributed by atoms with E-state index < -0.39 is 36.3 Å². The molecular formula is C60H66F4N2O8. The molecule has 7 atom stereocenters. The third-order valence-corrected chi connectivity index (χ3v) is 14.2. The molecule has 0 radical (unpaired) electrons. The van der Waals surface area contributed by atoms with Gasteiger partial charge in [0.05, 0.1) is 13.1 Å². The Bertz CT molecular complexity index is 2840. The number of fused-ring (bicyclic) bond motifs is 4. The zero-order valence-electron chi connectivity index (χ0n) is 39.8. The summed E-state index contributed by atoms with van der Waals surface area (Å²) in [7, 11) is 0. The van der Waals surface area contributed by atoms with Gasteiger partial charge in [-0.15, -0.1) is 0 Å². The van der Waals surface area contributed by atoms with Crippen LogP contribution in [0.15, 0.2) is 133 Å². The van der Waals surface area contributed by atoms with Crippen molar-refractivity contribution in [1.29, 1.82) is 0 Å². The topological polar surface area (TPSA) is 110 Å². The number of carbonyl (C=O) groups excluding carboxylic acids is 1. The highest BCUT2D eigenvalue weighted by Crippen LogP contribution is 2.39. The van der Waals surface area contributed by atoms with E-state index in [2.05, 4.69) is 17.0 Å². The van der Waals surface area contributed by atoms with E-state index in [4.69, 9.17) is 23.7 Å². The van der Waals surface area contributed by atoms with E-state index in [1.807, 2.05) is 53.4 Å². The monoisotopic (exact) mass is 1020 g/mol. The molecule has 6 aromatic rings. The maximum atomic E-state index is 13.7. The zero-order chi connectivity index (χ0) is 49.8. The summed E-state index contributed by atoms with van der Waals surface area (Å²) in [5.41, 5.74) is 5.36. The van der Waals surface area contributed by atoms with E-state index in [9.17, 15) is 32.6 Å². The summed E-state index contributed by atoms with van der Waals surface area (Å²) in [6.45, 7) is 2.30. The Morgan fingerprint density at radius 1 is 0.608 bits per heavy atom. The lowest BCUT2D eigenvalue weighted by Gasteiger charge is -2.49. The van der Waals surface area contributed by atoms with Crippen LogP contribution in [-0.2, 0) is 48.3 Å². The number of morpholine rings is 1. The summed E-state index contributed by atoms with van der Waals surface area (Å²) in [6, 6.07) is 37.7. The van der Waals surface area contributed by atoms with Gasteiger partial charge < -0.3 is 33.9 Å². The van der Waals surface area contributed by atoms with Crippen LogP contribution in [0.3, 0.4) is 0 Å². The minimum atomic E-state index is -1.57. The number of halogens is 4. The first-order valence-corrected chi connectivity index (χ1v) is 24.8. The number of aryl methyl sites for hydroxylation is 4. The van der Waals surface area contributed by atoms with Crippen molar-refractivity contribution < 1.29 is 56.3 Å². The highest BCUT2D eigenvalue weighted by molar-refractivity contribution is 5.85. The van der Waals surface area contributed by atoms with Crippen LogP contribution in [0.2, 0.25) is 0 Å². The Kier molecular flexibility index (Phi) is 17.5. The molecule has 6 aromatic carbocycles. The van der Waals surface area contributed by atoms with Crippen LogP contribution >= 0.6 is 0 Å². The van der Waals surface area contributed by atoms with E-state index >= 15 is 0 Å². The number of Topliss-reactive ketones (excluding diaryl/α,β-unsaturated/α-hetero) is 1. The minimum absolute atomic E-state index is 0. The van der Waals surface area contributed by atoms with E-state index in [0.29, 0.717) is 94.0 Å². The number of rotatable bonds is 12. The van der Waals surface area contributed by atoms with Crippen molar-refractivity contribution in [1.82, 2.24) is 9.80 Å². The first kappa shape index (κ1) is 54.0. The van der Waals surface area contributed by atoms with Crippen LogP contribution in [0, 0.1) is 23.3 Å². The minimum Gasteiger partial charge on any atom is -0.487 e. The Morgan fingerprint density at radius 2 is 1.11 bits per heavy atom. The molecule has 0 saturated carbocycles. The van der Waals surface area contributed by atoms with Crippen LogP contribution in [0.25, 0.3) is 0 Å². The number of hydrogen-bond acceptors (Lipinski definition) is 10. The average molecular weight is 1020 g/mol. The first-order chi connectivity index (χ1) is 34.9. The Labute approximate surface area is 431 Å². The van der Waals surface area contributed by atoms with Crippen LogP contribution in [0.5, 0.6) is 23.0 Å². The van der Waals surface area contributed by atoms with Crippen molar-refractivity contribution >= 4 is 5.78 Å². The predicted molar refractivity (Wildman–Crippen MR) is 274 cm³/mol. The Balaban J connectivity index is 0.000000192. The van der Waals surface area contributed by atoms with Crippen molar-refractivity contribution in [2.24, 2.45) is 0 Å². The molecule has 1 saturated heterocycles. The summed E-state index contributed by atoms with van der Waals surface area (Å²) >= 11 is 0. The summed E-state index contributed by atoms with van der Waals surface area (Å²) in [6.07, 6.45) is 1.42. The van der Waals surface area contributed by atoms with E-state index in [1.54, 1.807) is 24.3 Å². The molecule has 0 amide bonds. The lowest BCUT2D eigenvalue weighted by atomic mass is 9.93. The number of β-amino-alcohol motifs (C(OH)–C–C–N with tert-alkyl or cyclic N) is 1. The number of nitrogens with zero attached hydrogens (tertiary/aromatic N) is 2. The molecule has 0 bridgehead atoms. The molecule has 2 N–H and O–H groups in total. The third kappa shape index (κ3) is 13.0. The predicted octanol–water partition coefficient (Wildman–Crippen LogP) is 10.4. The molecule has 5 aliphatic heterocycles. The molecule has 14 heteroatoms. The van der Waals surface area contributed by atoms with Gasteiger partial charge in [-0.05, 0) is 158 Å². The number of benzene rings is 6.